The van der Waals surface area contributed by atoms with Crippen LogP contribution in [0.2, 0.25) is 0 Å². The third-order valence-corrected chi connectivity index (χ3v) is 4.47. The maximum Gasteiger partial charge on any atom is 0.175 e. The molecule has 23 heavy (non-hydrogen) atoms. The average Bonchev–Trinajstić information content (AvgIpc) is 2.63. The molecule has 1 heterocycles. The Labute approximate surface area is 139 Å². The largest absolute Gasteiger partial charge is 0.293 e. The molecule has 0 aliphatic rings. The van der Waals surface area contributed by atoms with Crippen molar-refractivity contribution in [2.24, 2.45) is 0 Å². The van der Waals surface area contributed by atoms with Gasteiger partial charge in [-0.3, -0.25) is 4.79 Å². The summed E-state index contributed by atoms with van der Waals surface area (Å²) >= 11 is 1.45. The highest BCUT2D eigenvalue weighted by Crippen LogP contribution is 2.26. The van der Waals surface area contributed by atoms with Crippen molar-refractivity contribution in [3.05, 3.63) is 78.6 Å². The molecule has 114 valence electrons. The predicted octanol–water partition coefficient (Wildman–Crippen LogP) is 4.51. The standard InChI is InChI=1S/C19H16N2OS/c1-14(19(22)16-10-6-3-7-11-16)23-18-12-17(20-13-21-18)15-8-4-2-5-9-15/h2-14H,1H3/t14-/m0/s1. The average molecular weight is 320 g/mol. The summed E-state index contributed by atoms with van der Waals surface area (Å²) in [4.78, 5) is 21.0. The SMILES string of the molecule is C[C@H](Sc1cc(-c2ccccc2)ncn1)C(=O)c1ccccc1. The summed E-state index contributed by atoms with van der Waals surface area (Å²) in [5.41, 5.74) is 2.63. The minimum absolute atomic E-state index is 0.107. The van der Waals surface area contributed by atoms with Crippen LogP contribution in [0.15, 0.2) is 78.1 Å². The molecule has 1 aromatic heterocycles. The Morgan fingerprint density at radius 1 is 0.957 bits per heavy atom. The minimum Gasteiger partial charge on any atom is -0.293 e. The van der Waals surface area contributed by atoms with Crippen molar-refractivity contribution in [2.75, 3.05) is 0 Å². The zero-order valence-corrected chi connectivity index (χ0v) is 13.5. The number of ketones is 1. The first-order valence-electron chi connectivity index (χ1n) is 7.37. The molecule has 3 aromatic rings. The molecule has 0 spiro atoms. The molecule has 0 bridgehead atoms. The first kappa shape index (κ1) is 15.4. The highest BCUT2D eigenvalue weighted by atomic mass is 32.2. The number of carbonyl (C=O) groups excluding carboxylic acids is 1. The van der Waals surface area contributed by atoms with Crippen molar-refractivity contribution in [2.45, 2.75) is 17.2 Å². The van der Waals surface area contributed by atoms with E-state index in [1.54, 1.807) is 6.33 Å². The quantitative estimate of drug-likeness (QED) is 0.394. The van der Waals surface area contributed by atoms with Gasteiger partial charge in [0.05, 0.1) is 10.9 Å². The van der Waals surface area contributed by atoms with E-state index in [1.165, 1.54) is 11.8 Å². The summed E-state index contributed by atoms with van der Waals surface area (Å²) in [6, 6.07) is 21.2. The highest BCUT2D eigenvalue weighted by molar-refractivity contribution is 8.00. The van der Waals surface area contributed by atoms with Crippen LogP contribution in [0.4, 0.5) is 0 Å². The van der Waals surface area contributed by atoms with Crippen LogP contribution in [-0.2, 0) is 0 Å². The number of hydrogen-bond donors (Lipinski definition) is 0. The maximum atomic E-state index is 12.4. The fraction of sp³-hybridized carbons (Fsp3) is 0.105. The lowest BCUT2D eigenvalue weighted by molar-refractivity contribution is 0.0994. The van der Waals surface area contributed by atoms with Gasteiger partial charge in [-0.15, -0.1) is 0 Å². The number of thioether (sulfide) groups is 1. The van der Waals surface area contributed by atoms with Crippen molar-refractivity contribution < 1.29 is 4.79 Å². The van der Waals surface area contributed by atoms with E-state index >= 15 is 0 Å². The molecule has 0 amide bonds. The molecule has 0 N–H and O–H groups in total. The van der Waals surface area contributed by atoms with Crippen molar-refractivity contribution in [3.63, 3.8) is 0 Å². The van der Waals surface area contributed by atoms with Gasteiger partial charge >= 0.3 is 0 Å². The van der Waals surface area contributed by atoms with E-state index in [4.69, 9.17) is 0 Å². The van der Waals surface area contributed by atoms with Gasteiger partial charge in [0.15, 0.2) is 5.78 Å². The van der Waals surface area contributed by atoms with E-state index in [0.29, 0.717) is 0 Å². The molecule has 0 aliphatic carbocycles. The van der Waals surface area contributed by atoms with Crippen LogP contribution in [0.1, 0.15) is 17.3 Å². The fourth-order valence-corrected chi connectivity index (χ4v) is 3.14. The summed E-state index contributed by atoms with van der Waals surface area (Å²) in [5.74, 6) is 0.107. The topological polar surface area (TPSA) is 42.9 Å². The number of Topliss-reactive ketones (excluding diaryl/α,β-unsaturated/α-hetero) is 1. The lowest BCUT2D eigenvalue weighted by Gasteiger charge is -2.10. The molecule has 0 unspecified atom stereocenters. The van der Waals surface area contributed by atoms with Gasteiger partial charge < -0.3 is 0 Å². The van der Waals surface area contributed by atoms with E-state index in [1.807, 2.05) is 73.7 Å². The fourth-order valence-electron chi connectivity index (χ4n) is 2.24. The third kappa shape index (κ3) is 3.85. The molecule has 0 saturated heterocycles. The molecule has 1 atom stereocenters. The first-order chi connectivity index (χ1) is 11.2. The van der Waals surface area contributed by atoms with Crippen molar-refractivity contribution in [3.8, 4) is 11.3 Å². The predicted molar refractivity (Wildman–Crippen MR) is 93.6 cm³/mol. The molecule has 0 aliphatic heterocycles. The summed E-state index contributed by atoms with van der Waals surface area (Å²) in [6.45, 7) is 1.91. The second-order valence-electron chi connectivity index (χ2n) is 5.10. The van der Waals surface area contributed by atoms with Crippen molar-refractivity contribution in [1.82, 2.24) is 9.97 Å². The molecule has 4 heteroatoms. The summed E-state index contributed by atoms with van der Waals surface area (Å²) in [5, 5.41) is 0.603. The van der Waals surface area contributed by atoms with Crippen LogP contribution < -0.4 is 0 Å². The summed E-state index contributed by atoms with van der Waals surface area (Å²) in [6.07, 6.45) is 1.55. The van der Waals surface area contributed by atoms with Crippen LogP contribution in [-0.4, -0.2) is 21.0 Å². The Bertz CT molecular complexity index is 791. The first-order valence-corrected chi connectivity index (χ1v) is 8.25. The van der Waals surface area contributed by atoms with Crippen LogP contribution >= 0.6 is 11.8 Å². The molecule has 2 aromatic carbocycles. The lowest BCUT2D eigenvalue weighted by atomic mass is 10.1. The second kappa shape index (κ2) is 7.20. The zero-order valence-electron chi connectivity index (χ0n) is 12.7. The van der Waals surface area contributed by atoms with Gasteiger partial charge in [0.2, 0.25) is 0 Å². The van der Waals surface area contributed by atoms with Crippen LogP contribution in [0, 0.1) is 0 Å². The summed E-state index contributed by atoms with van der Waals surface area (Å²) in [7, 11) is 0. The van der Waals surface area contributed by atoms with Crippen LogP contribution in [0.25, 0.3) is 11.3 Å². The van der Waals surface area contributed by atoms with Crippen molar-refractivity contribution in [1.29, 1.82) is 0 Å². The zero-order chi connectivity index (χ0) is 16.1. The highest BCUT2D eigenvalue weighted by Gasteiger charge is 2.17. The van der Waals surface area contributed by atoms with Gasteiger partial charge in [-0.1, -0.05) is 72.4 Å². The van der Waals surface area contributed by atoms with Gasteiger partial charge in [-0.25, -0.2) is 9.97 Å². The Morgan fingerprint density at radius 3 is 2.30 bits per heavy atom. The molecule has 3 rings (SSSR count). The Kier molecular flexibility index (Phi) is 4.83. The maximum absolute atomic E-state index is 12.4. The van der Waals surface area contributed by atoms with E-state index in [0.717, 1.165) is 21.8 Å². The lowest BCUT2D eigenvalue weighted by Crippen LogP contribution is -2.13. The molecular weight excluding hydrogens is 304 g/mol. The van der Waals surface area contributed by atoms with E-state index in [9.17, 15) is 4.79 Å². The Balaban J connectivity index is 1.77. The van der Waals surface area contributed by atoms with E-state index < -0.39 is 0 Å². The molecule has 0 fully saturated rings. The van der Waals surface area contributed by atoms with Gasteiger partial charge in [-0.2, -0.15) is 0 Å². The van der Waals surface area contributed by atoms with Gasteiger partial charge in [0.25, 0.3) is 0 Å². The number of aromatic nitrogens is 2. The normalized spacial score (nSPS) is 11.9. The number of rotatable bonds is 5. The second-order valence-corrected chi connectivity index (χ2v) is 6.46. The van der Waals surface area contributed by atoms with Gasteiger partial charge in [0, 0.05) is 11.1 Å². The van der Waals surface area contributed by atoms with Gasteiger partial charge in [0.1, 0.15) is 11.4 Å². The number of benzene rings is 2. The van der Waals surface area contributed by atoms with E-state index in [-0.39, 0.29) is 11.0 Å². The smallest absolute Gasteiger partial charge is 0.175 e. The summed E-state index contributed by atoms with van der Waals surface area (Å²) < 4.78 is 0. The van der Waals surface area contributed by atoms with Crippen molar-refractivity contribution >= 4 is 17.5 Å². The Morgan fingerprint density at radius 2 is 1.61 bits per heavy atom. The Hall–Kier alpha value is -2.46. The van der Waals surface area contributed by atoms with Crippen LogP contribution in [0.3, 0.4) is 0 Å². The monoisotopic (exact) mass is 320 g/mol. The molecular formula is C19H16N2OS. The third-order valence-electron chi connectivity index (χ3n) is 3.44. The van der Waals surface area contributed by atoms with Gasteiger partial charge in [-0.05, 0) is 13.0 Å². The minimum atomic E-state index is -0.198. The molecule has 0 radical (unpaired) electrons. The van der Waals surface area contributed by atoms with E-state index in [2.05, 4.69) is 9.97 Å². The number of hydrogen-bond acceptors (Lipinski definition) is 4. The molecule has 0 saturated carbocycles. The number of nitrogens with zero attached hydrogens (tertiary/aromatic N) is 2. The molecule has 3 nitrogen and oxygen atoms in total. The van der Waals surface area contributed by atoms with Crippen LogP contribution in [0.5, 0.6) is 0 Å². The number of carbonyl (C=O) groups is 1.